The second-order valence-corrected chi connectivity index (χ2v) is 6.20. The van der Waals surface area contributed by atoms with Gasteiger partial charge in [-0.05, 0) is 18.6 Å². The molecule has 1 aliphatic rings. The average molecular weight is 342 g/mol. The predicted octanol–water partition coefficient (Wildman–Crippen LogP) is 0.886. The second-order valence-electron chi connectivity index (χ2n) is 6.20. The minimum Gasteiger partial charge on any atom is -0.365 e. The third-order valence-electron chi connectivity index (χ3n) is 4.16. The Bertz CT molecular complexity index is 757. The summed E-state index contributed by atoms with van der Waals surface area (Å²) in [6.07, 6.45) is -0.223. The Morgan fingerprint density at radius 1 is 1.36 bits per heavy atom. The van der Waals surface area contributed by atoms with Crippen LogP contribution in [0, 0.1) is 6.92 Å². The molecular weight excluding hydrogens is 320 g/mol. The summed E-state index contributed by atoms with van der Waals surface area (Å²) in [7, 11) is 1.74. The van der Waals surface area contributed by atoms with Crippen LogP contribution in [0.3, 0.4) is 0 Å². The molecule has 1 aromatic carbocycles. The number of morpholine rings is 1. The van der Waals surface area contributed by atoms with Crippen molar-refractivity contribution in [3.63, 3.8) is 0 Å². The summed E-state index contributed by atoms with van der Waals surface area (Å²) in [5.41, 5.74) is 2.37. The van der Waals surface area contributed by atoms with Crippen molar-refractivity contribution in [2.24, 2.45) is 7.05 Å². The maximum Gasteiger partial charge on any atom is 0.269 e. The Hall–Kier alpha value is -2.67. The van der Waals surface area contributed by atoms with Crippen molar-refractivity contribution in [3.8, 4) is 0 Å². The van der Waals surface area contributed by atoms with Gasteiger partial charge in [0.05, 0.1) is 11.8 Å². The SMILES string of the molecule is Cc1cc(C(=O)NCC2CN(Cc3ccccc3)C(=O)CO2)n(C)n1. The topological polar surface area (TPSA) is 76.5 Å². The van der Waals surface area contributed by atoms with Gasteiger partial charge in [-0.1, -0.05) is 30.3 Å². The number of amides is 2. The molecule has 1 aliphatic heterocycles. The normalized spacial score (nSPS) is 17.6. The second kappa shape index (κ2) is 7.48. The zero-order valence-corrected chi connectivity index (χ0v) is 14.4. The molecule has 132 valence electrons. The quantitative estimate of drug-likeness (QED) is 0.875. The van der Waals surface area contributed by atoms with Crippen molar-refractivity contribution in [1.82, 2.24) is 20.0 Å². The number of carbonyl (C=O) groups excluding carboxylic acids is 2. The Labute approximate surface area is 146 Å². The molecule has 7 nitrogen and oxygen atoms in total. The van der Waals surface area contributed by atoms with Gasteiger partial charge in [-0.25, -0.2) is 0 Å². The van der Waals surface area contributed by atoms with Crippen LogP contribution in [0.25, 0.3) is 0 Å². The van der Waals surface area contributed by atoms with E-state index in [1.807, 2.05) is 37.3 Å². The highest BCUT2D eigenvalue weighted by Gasteiger charge is 2.27. The van der Waals surface area contributed by atoms with Crippen molar-refractivity contribution in [2.75, 3.05) is 19.7 Å². The predicted molar refractivity (Wildman–Crippen MR) is 91.9 cm³/mol. The van der Waals surface area contributed by atoms with Crippen molar-refractivity contribution in [1.29, 1.82) is 0 Å². The van der Waals surface area contributed by atoms with Crippen LogP contribution in [-0.4, -0.2) is 52.3 Å². The molecule has 0 aliphatic carbocycles. The van der Waals surface area contributed by atoms with Gasteiger partial charge in [0.2, 0.25) is 5.91 Å². The zero-order valence-electron chi connectivity index (χ0n) is 14.4. The number of nitrogens with zero attached hydrogens (tertiary/aromatic N) is 3. The van der Waals surface area contributed by atoms with Crippen LogP contribution in [0.2, 0.25) is 0 Å². The smallest absolute Gasteiger partial charge is 0.269 e. The largest absolute Gasteiger partial charge is 0.365 e. The number of nitrogens with one attached hydrogen (secondary N) is 1. The molecule has 2 aromatic rings. The van der Waals surface area contributed by atoms with E-state index in [0.29, 0.717) is 25.3 Å². The highest BCUT2D eigenvalue weighted by molar-refractivity contribution is 5.92. The van der Waals surface area contributed by atoms with E-state index in [0.717, 1.165) is 11.3 Å². The summed E-state index contributed by atoms with van der Waals surface area (Å²) in [5, 5.41) is 7.03. The highest BCUT2D eigenvalue weighted by Crippen LogP contribution is 2.11. The van der Waals surface area contributed by atoms with Crippen molar-refractivity contribution in [2.45, 2.75) is 19.6 Å². The number of ether oxygens (including phenoxy) is 1. The van der Waals surface area contributed by atoms with E-state index in [-0.39, 0.29) is 24.5 Å². The fraction of sp³-hybridized carbons (Fsp3) is 0.389. The number of aryl methyl sites for hydroxylation is 2. The van der Waals surface area contributed by atoms with Crippen LogP contribution in [0.5, 0.6) is 0 Å². The zero-order chi connectivity index (χ0) is 17.8. The fourth-order valence-corrected chi connectivity index (χ4v) is 2.88. The summed E-state index contributed by atoms with van der Waals surface area (Å²) >= 11 is 0. The van der Waals surface area contributed by atoms with Crippen LogP contribution >= 0.6 is 0 Å². The van der Waals surface area contributed by atoms with Gasteiger partial charge in [0.15, 0.2) is 0 Å². The molecule has 1 saturated heterocycles. The molecule has 7 heteroatoms. The summed E-state index contributed by atoms with van der Waals surface area (Å²) < 4.78 is 7.10. The number of benzene rings is 1. The monoisotopic (exact) mass is 342 g/mol. The lowest BCUT2D eigenvalue weighted by atomic mass is 10.2. The van der Waals surface area contributed by atoms with E-state index in [9.17, 15) is 9.59 Å². The van der Waals surface area contributed by atoms with Gasteiger partial charge < -0.3 is 15.0 Å². The first-order valence-electron chi connectivity index (χ1n) is 8.25. The lowest BCUT2D eigenvalue weighted by molar-refractivity contribution is -0.149. The van der Waals surface area contributed by atoms with Crippen LogP contribution < -0.4 is 5.32 Å². The summed E-state index contributed by atoms with van der Waals surface area (Å²) in [6.45, 7) is 3.24. The van der Waals surface area contributed by atoms with Crippen molar-refractivity contribution >= 4 is 11.8 Å². The molecule has 1 atom stereocenters. The Morgan fingerprint density at radius 2 is 2.12 bits per heavy atom. The van der Waals surface area contributed by atoms with E-state index in [4.69, 9.17) is 4.74 Å². The van der Waals surface area contributed by atoms with Crippen molar-refractivity contribution < 1.29 is 14.3 Å². The van der Waals surface area contributed by atoms with E-state index in [2.05, 4.69) is 10.4 Å². The summed E-state index contributed by atoms with van der Waals surface area (Å²) in [5.74, 6) is -0.230. The van der Waals surface area contributed by atoms with Gasteiger partial charge in [0, 0.05) is 26.7 Å². The van der Waals surface area contributed by atoms with Crippen LogP contribution in [-0.2, 0) is 23.1 Å². The van der Waals surface area contributed by atoms with Gasteiger partial charge in [0.25, 0.3) is 5.91 Å². The maximum atomic E-state index is 12.3. The number of hydrogen-bond acceptors (Lipinski definition) is 4. The standard InChI is InChI=1S/C18H22N4O3/c1-13-8-16(21(2)20-13)18(24)19-9-15-11-22(17(23)12-25-15)10-14-6-4-3-5-7-14/h3-8,15H,9-12H2,1-2H3,(H,19,24). The number of hydrogen-bond donors (Lipinski definition) is 1. The molecule has 3 rings (SSSR count). The fourth-order valence-electron chi connectivity index (χ4n) is 2.88. The maximum absolute atomic E-state index is 12.3. The molecule has 25 heavy (non-hydrogen) atoms. The first-order valence-corrected chi connectivity index (χ1v) is 8.25. The molecule has 1 unspecified atom stereocenters. The van der Waals surface area contributed by atoms with E-state index < -0.39 is 0 Å². The Morgan fingerprint density at radius 3 is 2.80 bits per heavy atom. The molecule has 1 aromatic heterocycles. The molecule has 2 amide bonds. The summed E-state index contributed by atoms with van der Waals surface area (Å²) in [6, 6.07) is 11.6. The third-order valence-corrected chi connectivity index (χ3v) is 4.16. The molecule has 0 radical (unpaired) electrons. The van der Waals surface area contributed by atoms with Crippen LogP contribution in [0.4, 0.5) is 0 Å². The van der Waals surface area contributed by atoms with E-state index in [1.165, 1.54) is 0 Å². The average Bonchev–Trinajstić information content (AvgIpc) is 2.94. The summed E-state index contributed by atoms with van der Waals surface area (Å²) in [4.78, 5) is 26.1. The van der Waals surface area contributed by atoms with Crippen LogP contribution in [0.15, 0.2) is 36.4 Å². The number of aromatic nitrogens is 2. The van der Waals surface area contributed by atoms with Crippen molar-refractivity contribution in [3.05, 3.63) is 53.3 Å². The molecule has 0 spiro atoms. The molecule has 1 N–H and O–H groups in total. The Kier molecular flexibility index (Phi) is 5.14. The third kappa shape index (κ3) is 4.24. The minimum absolute atomic E-state index is 0.0336. The molecule has 2 heterocycles. The van der Waals surface area contributed by atoms with E-state index >= 15 is 0 Å². The lowest BCUT2D eigenvalue weighted by Gasteiger charge is -2.33. The van der Waals surface area contributed by atoms with Gasteiger partial charge >= 0.3 is 0 Å². The first kappa shape index (κ1) is 17.2. The highest BCUT2D eigenvalue weighted by atomic mass is 16.5. The van der Waals surface area contributed by atoms with Gasteiger partial charge in [-0.2, -0.15) is 5.10 Å². The molecule has 0 bridgehead atoms. The lowest BCUT2D eigenvalue weighted by Crippen LogP contribution is -2.50. The van der Waals surface area contributed by atoms with Gasteiger partial charge in [0.1, 0.15) is 12.3 Å². The first-order chi connectivity index (χ1) is 12.0. The van der Waals surface area contributed by atoms with Gasteiger partial charge in [-0.3, -0.25) is 14.3 Å². The van der Waals surface area contributed by atoms with Crippen LogP contribution in [0.1, 0.15) is 21.7 Å². The van der Waals surface area contributed by atoms with E-state index in [1.54, 1.807) is 22.7 Å². The Balaban J connectivity index is 1.55. The number of rotatable bonds is 5. The minimum atomic E-state index is -0.223. The number of carbonyl (C=O) groups is 2. The van der Waals surface area contributed by atoms with Gasteiger partial charge in [-0.15, -0.1) is 0 Å². The molecular formula is C18H22N4O3. The molecule has 0 saturated carbocycles. The molecule has 1 fully saturated rings.